The SMILES string of the molecule is COCCN(CC(=O)N1N=C(c2cccs2)CC1c1ccco1)C(=O)C1CCC1. The van der Waals surface area contributed by atoms with Gasteiger partial charge in [0.1, 0.15) is 18.3 Å². The average Bonchev–Trinajstić information content (AvgIpc) is 3.43. The van der Waals surface area contributed by atoms with Crippen molar-refractivity contribution in [2.45, 2.75) is 31.7 Å². The first-order valence-corrected chi connectivity index (χ1v) is 10.8. The van der Waals surface area contributed by atoms with Crippen molar-refractivity contribution in [3.63, 3.8) is 0 Å². The fourth-order valence-electron chi connectivity index (χ4n) is 3.65. The number of hydrogen-bond acceptors (Lipinski definition) is 6. The van der Waals surface area contributed by atoms with Gasteiger partial charge >= 0.3 is 0 Å². The monoisotopic (exact) mass is 415 g/mol. The highest BCUT2D eigenvalue weighted by molar-refractivity contribution is 7.12. The van der Waals surface area contributed by atoms with E-state index >= 15 is 0 Å². The molecule has 8 heteroatoms. The third kappa shape index (κ3) is 4.28. The van der Waals surface area contributed by atoms with Gasteiger partial charge in [0.15, 0.2) is 0 Å². The highest BCUT2D eigenvalue weighted by atomic mass is 32.1. The first-order chi connectivity index (χ1) is 14.2. The van der Waals surface area contributed by atoms with Gasteiger partial charge in [0.2, 0.25) is 5.91 Å². The highest BCUT2D eigenvalue weighted by Crippen LogP contribution is 2.34. The Bertz CT molecular complexity index is 859. The maximum Gasteiger partial charge on any atom is 0.262 e. The van der Waals surface area contributed by atoms with Gasteiger partial charge in [-0.25, -0.2) is 5.01 Å². The maximum atomic E-state index is 13.2. The Hall–Kier alpha value is -2.45. The number of ether oxygens (including phenoxy) is 1. The number of methoxy groups -OCH3 is 1. The van der Waals surface area contributed by atoms with Crippen LogP contribution in [0.1, 0.15) is 42.4 Å². The van der Waals surface area contributed by atoms with Crippen LogP contribution in [0.3, 0.4) is 0 Å². The lowest BCUT2D eigenvalue weighted by molar-refractivity contribution is -0.146. The molecular weight excluding hydrogens is 390 g/mol. The van der Waals surface area contributed by atoms with E-state index in [4.69, 9.17) is 9.15 Å². The van der Waals surface area contributed by atoms with E-state index in [-0.39, 0.29) is 30.3 Å². The lowest BCUT2D eigenvalue weighted by Crippen LogP contribution is -2.46. The minimum Gasteiger partial charge on any atom is -0.467 e. The smallest absolute Gasteiger partial charge is 0.262 e. The number of furan rings is 1. The van der Waals surface area contributed by atoms with Gasteiger partial charge in [-0.3, -0.25) is 9.59 Å². The van der Waals surface area contributed by atoms with E-state index < -0.39 is 0 Å². The summed E-state index contributed by atoms with van der Waals surface area (Å²) in [6.45, 7) is 0.798. The second-order valence-corrected chi connectivity index (χ2v) is 8.33. The molecule has 1 saturated carbocycles. The van der Waals surface area contributed by atoms with Crippen molar-refractivity contribution in [1.82, 2.24) is 9.91 Å². The van der Waals surface area contributed by atoms with E-state index in [1.54, 1.807) is 29.6 Å². The molecule has 1 unspecified atom stereocenters. The van der Waals surface area contributed by atoms with E-state index in [1.165, 1.54) is 5.01 Å². The van der Waals surface area contributed by atoms with Crippen LogP contribution in [0.2, 0.25) is 0 Å². The average molecular weight is 416 g/mol. The van der Waals surface area contributed by atoms with E-state index in [1.807, 2.05) is 29.6 Å². The Kier molecular flexibility index (Phi) is 6.10. The first kappa shape index (κ1) is 19.8. The molecule has 1 aliphatic heterocycles. The number of rotatable bonds is 8. The van der Waals surface area contributed by atoms with Crippen LogP contribution in [0.15, 0.2) is 45.4 Å². The van der Waals surface area contributed by atoms with Crippen LogP contribution in [0, 0.1) is 5.92 Å². The molecule has 2 aliphatic rings. The molecule has 1 atom stereocenters. The number of thiophene rings is 1. The summed E-state index contributed by atoms with van der Waals surface area (Å²) in [6, 6.07) is 7.35. The van der Waals surface area contributed by atoms with Crippen LogP contribution in [0.5, 0.6) is 0 Å². The molecule has 0 spiro atoms. The Labute approximate surface area is 173 Å². The van der Waals surface area contributed by atoms with Gasteiger partial charge in [-0.1, -0.05) is 12.5 Å². The largest absolute Gasteiger partial charge is 0.467 e. The topological polar surface area (TPSA) is 75.3 Å². The zero-order chi connectivity index (χ0) is 20.2. The minimum atomic E-state index is -0.294. The van der Waals surface area contributed by atoms with E-state index in [0.717, 1.165) is 29.9 Å². The molecule has 29 heavy (non-hydrogen) atoms. The van der Waals surface area contributed by atoms with Crippen LogP contribution >= 0.6 is 11.3 Å². The summed E-state index contributed by atoms with van der Waals surface area (Å²) in [4.78, 5) is 28.7. The second-order valence-electron chi connectivity index (χ2n) is 7.38. The molecule has 0 radical (unpaired) electrons. The normalized spacial score (nSPS) is 19.1. The van der Waals surface area contributed by atoms with Gasteiger partial charge in [0.05, 0.1) is 23.5 Å². The third-order valence-electron chi connectivity index (χ3n) is 5.50. The summed E-state index contributed by atoms with van der Waals surface area (Å²) in [5.74, 6) is 0.561. The first-order valence-electron chi connectivity index (χ1n) is 9.92. The Morgan fingerprint density at radius 2 is 2.21 bits per heavy atom. The quantitative estimate of drug-likeness (QED) is 0.663. The molecule has 3 heterocycles. The van der Waals surface area contributed by atoms with Gasteiger partial charge in [0.25, 0.3) is 5.91 Å². The third-order valence-corrected chi connectivity index (χ3v) is 6.42. The summed E-state index contributed by atoms with van der Waals surface area (Å²) >= 11 is 1.60. The van der Waals surface area contributed by atoms with E-state index in [0.29, 0.717) is 25.3 Å². The molecule has 0 N–H and O–H groups in total. The number of carbonyl (C=O) groups is 2. The molecular formula is C21H25N3O4S. The number of amides is 2. The highest BCUT2D eigenvalue weighted by Gasteiger charge is 2.37. The van der Waals surface area contributed by atoms with Crippen molar-refractivity contribution >= 4 is 28.9 Å². The maximum absolute atomic E-state index is 13.2. The predicted octanol–water partition coefficient (Wildman–Crippen LogP) is 3.29. The van der Waals surface area contributed by atoms with Crippen molar-refractivity contribution in [2.24, 2.45) is 11.0 Å². The van der Waals surface area contributed by atoms with Crippen LogP contribution in [0.25, 0.3) is 0 Å². The molecule has 0 saturated heterocycles. The van der Waals surface area contributed by atoms with Gasteiger partial charge in [0, 0.05) is 26.0 Å². The van der Waals surface area contributed by atoms with Crippen LogP contribution in [-0.2, 0) is 14.3 Å². The van der Waals surface area contributed by atoms with Crippen LogP contribution in [-0.4, -0.2) is 54.2 Å². The van der Waals surface area contributed by atoms with E-state index in [2.05, 4.69) is 5.10 Å². The molecule has 2 amide bonds. The van der Waals surface area contributed by atoms with Crippen LogP contribution < -0.4 is 0 Å². The van der Waals surface area contributed by atoms with Gasteiger partial charge in [-0.2, -0.15) is 5.10 Å². The van der Waals surface area contributed by atoms with Gasteiger partial charge < -0.3 is 14.1 Å². The van der Waals surface area contributed by atoms with Crippen molar-refractivity contribution in [3.05, 3.63) is 46.5 Å². The van der Waals surface area contributed by atoms with Crippen LogP contribution in [0.4, 0.5) is 0 Å². The fraction of sp³-hybridized carbons (Fsp3) is 0.476. The molecule has 2 aromatic rings. The zero-order valence-electron chi connectivity index (χ0n) is 16.5. The molecule has 1 fully saturated rings. The summed E-state index contributed by atoms with van der Waals surface area (Å²) in [5, 5.41) is 8.10. The summed E-state index contributed by atoms with van der Waals surface area (Å²) in [7, 11) is 1.60. The standard InChI is InChI=1S/C21H25N3O4S/c1-27-11-9-23(21(26)15-5-2-6-15)14-20(25)24-17(18-7-3-10-28-18)13-16(22-24)19-8-4-12-29-19/h3-4,7-8,10,12,15,17H,2,5-6,9,11,13-14H2,1H3. The van der Waals surface area contributed by atoms with E-state index in [9.17, 15) is 9.59 Å². The number of hydrazone groups is 1. The predicted molar refractivity (Wildman–Crippen MR) is 110 cm³/mol. The van der Waals surface area contributed by atoms with Gasteiger partial charge in [-0.05, 0) is 36.4 Å². The van der Waals surface area contributed by atoms with Gasteiger partial charge in [-0.15, -0.1) is 11.3 Å². The van der Waals surface area contributed by atoms with Crippen molar-refractivity contribution in [1.29, 1.82) is 0 Å². The second kappa shape index (κ2) is 8.92. The van der Waals surface area contributed by atoms with Crippen molar-refractivity contribution in [3.8, 4) is 0 Å². The Balaban J connectivity index is 1.53. The molecule has 7 nitrogen and oxygen atoms in total. The number of nitrogens with zero attached hydrogens (tertiary/aromatic N) is 3. The fourth-order valence-corrected chi connectivity index (χ4v) is 4.37. The molecule has 4 rings (SSSR count). The summed E-state index contributed by atoms with van der Waals surface area (Å²) in [6.07, 6.45) is 5.07. The molecule has 0 aromatic carbocycles. The van der Waals surface area contributed by atoms with Crippen molar-refractivity contribution < 1.29 is 18.7 Å². The minimum absolute atomic E-state index is 0.00285. The molecule has 0 bridgehead atoms. The molecule has 2 aromatic heterocycles. The lowest BCUT2D eigenvalue weighted by atomic mass is 9.84. The lowest BCUT2D eigenvalue weighted by Gasteiger charge is -2.32. The number of hydrogen-bond donors (Lipinski definition) is 0. The molecule has 154 valence electrons. The summed E-state index contributed by atoms with van der Waals surface area (Å²) in [5.41, 5.74) is 0.864. The summed E-state index contributed by atoms with van der Waals surface area (Å²) < 4.78 is 10.7. The molecule has 1 aliphatic carbocycles. The zero-order valence-corrected chi connectivity index (χ0v) is 17.3. The Morgan fingerprint density at radius 1 is 1.34 bits per heavy atom. The van der Waals surface area contributed by atoms with Crippen molar-refractivity contribution in [2.75, 3.05) is 26.8 Å². The number of carbonyl (C=O) groups excluding carboxylic acids is 2. The Morgan fingerprint density at radius 3 is 2.83 bits per heavy atom.